The Labute approximate surface area is 149 Å². The Hall–Kier alpha value is -3.75. The van der Waals surface area contributed by atoms with Crippen LogP contribution in [0.15, 0.2) is 48.5 Å². The molecular weight excluding hydrogens is 358 g/mol. The molecular formula is C18H10F2N4O3. The average Bonchev–Trinajstić information content (AvgIpc) is 3.15. The molecule has 0 saturated carbocycles. The number of hydrogen-bond donors (Lipinski definition) is 2. The number of benzene rings is 2. The summed E-state index contributed by atoms with van der Waals surface area (Å²) in [5, 5.41) is 3.53. The molecule has 27 heavy (non-hydrogen) atoms. The van der Waals surface area contributed by atoms with Gasteiger partial charge in [0.25, 0.3) is 5.91 Å². The van der Waals surface area contributed by atoms with Crippen molar-refractivity contribution in [3.63, 3.8) is 0 Å². The van der Waals surface area contributed by atoms with E-state index < -0.39 is 12.2 Å². The van der Waals surface area contributed by atoms with Crippen molar-refractivity contribution in [2.45, 2.75) is 6.29 Å². The van der Waals surface area contributed by atoms with E-state index in [0.717, 1.165) is 5.39 Å². The lowest BCUT2D eigenvalue weighted by molar-refractivity contribution is -0.286. The quantitative estimate of drug-likeness (QED) is 0.563. The van der Waals surface area contributed by atoms with E-state index in [0.29, 0.717) is 16.6 Å². The average molecular weight is 368 g/mol. The van der Waals surface area contributed by atoms with Crippen LogP contribution in [0.25, 0.3) is 21.9 Å². The Bertz CT molecular complexity index is 1180. The lowest BCUT2D eigenvalue weighted by Gasteiger charge is -2.04. The van der Waals surface area contributed by atoms with Crippen LogP contribution in [0.4, 0.5) is 14.7 Å². The van der Waals surface area contributed by atoms with E-state index in [4.69, 9.17) is 0 Å². The molecule has 0 saturated heterocycles. The third-order valence-corrected chi connectivity index (χ3v) is 4.07. The number of imidazole rings is 1. The van der Waals surface area contributed by atoms with Crippen LogP contribution in [0.2, 0.25) is 0 Å². The van der Waals surface area contributed by atoms with Gasteiger partial charge in [0.15, 0.2) is 11.5 Å². The molecule has 0 radical (unpaired) electrons. The molecule has 0 spiro atoms. The summed E-state index contributed by atoms with van der Waals surface area (Å²) in [6, 6.07) is 13.5. The second kappa shape index (κ2) is 5.37. The minimum atomic E-state index is -3.69. The van der Waals surface area contributed by atoms with Crippen molar-refractivity contribution in [2.75, 3.05) is 5.32 Å². The Morgan fingerprint density at radius 1 is 1.00 bits per heavy atom. The monoisotopic (exact) mass is 368 g/mol. The Morgan fingerprint density at radius 2 is 1.78 bits per heavy atom. The summed E-state index contributed by atoms with van der Waals surface area (Å²) in [6.45, 7) is 0. The molecule has 3 heterocycles. The smallest absolute Gasteiger partial charge is 0.395 e. The van der Waals surface area contributed by atoms with Gasteiger partial charge in [-0.2, -0.15) is 0 Å². The first-order chi connectivity index (χ1) is 13.0. The minimum absolute atomic E-state index is 0.106. The molecule has 5 rings (SSSR count). The number of rotatable bonds is 2. The van der Waals surface area contributed by atoms with Gasteiger partial charge < -0.3 is 14.5 Å². The molecule has 1 amide bonds. The van der Waals surface area contributed by atoms with Crippen LogP contribution >= 0.6 is 0 Å². The molecule has 1 aliphatic heterocycles. The highest BCUT2D eigenvalue weighted by molar-refractivity contribution is 6.03. The normalized spacial score (nSPS) is 14.6. The van der Waals surface area contributed by atoms with E-state index >= 15 is 0 Å². The SMILES string of the molecule is O=C(Nc1nc2cc3c(cc2[nH]1)OC(F)(F)O3)c1ccc2ccccc2n1. The van der Waals surface area contributed by atoms with Crippen LogP contribution in [-0.2, 0) is 0 Å². The zero-order valence-electron chi connectivity index (χ0n) is 13.5. The summed E-state index contributed by atoms with van der Waals surface area (Å²) >= 11 is 0. The maximum absolute atomic E-state index is 13.1. The number of aromatic amines is 1. The molecule has 0 atom stereocenters. The molecule has 4 aromatic rings. The number of para-hydroxylation sites is 1. The predicted octanol–water partition coefficient (Wildman–Crippen LogP) is 3.68. The van der Waals surface area contributed by atoms with Crippen molar-refractivity contribution >= 4 is 33.8 Å². The van der Waals surface area contributed by atoms with Gasteiger partial charge in [0.2, 0.25) is 5.95 Å². The third kappa shape index (κ3) is 2.69. The number of carbonyl (C=O) groups is 1. The van der Waals surface area contributed by atoms with Crippen molar-refractivity contribution < 1.29 is 23.0 Å². The fourth-order valence-corrected chi connectivity index (χ4v) is 2.88. The van der Waals surface area contributed by atoms with E-state index in [-0.39, 0.29) is 23.1 Å². The first kappa shape index (κ1) is 15.5. The number of halogens is 2. The van der Waals surface area contributed by atoms with Crippen LogP contribution in [0, 0.1) is 0 Å². The first-order valence-corrected chi connectivity index (χ1v) is 7.94. The highest BCUT2D eigenvalue weighted by Gasteiger charge is 2.43. The number of H-pyrrole nitrogens is 1. The number of hydrogen-bond acceptors (Lipinski definition) is 5. The number of pyridine rings is 1. The van der Waals surface area contributed by atoms with E-state index in [9.17, 15) is 13.6 Å². The highest BCUT2D eigenvalue weighted by Crippen LogP contribution is 2.42. The van der Waals surface area contributed by atoms with Crippen LogP contribution < -0.4 is 14.8 Å². The number of alkyl halides is 2. The maximum Gasteiger partial charge on any atom is 0.586 e. The number of ether oxygens (including phenoxy) is 2. The summed E-state index contributed by atoms with van der Waals surface area (Å²) in [4.78, 5) is 23.8. The van der Waals surface area contributed by atoms with Crippen molar-refractivity contribution in [3.05, 3.63) is 54.2 Å². The molecule has 2 aromatic heterocycles. The Kier molecular flexibility index (Phi) is 3.08. The van der Waals surface area contributed by atoms with Crippen molar-refractivity contribution in [1.29, 1.82) is 0 Å². The van der Waals surface area contributed by atoms with Gasteiger partial charge in [-0.3, -0.25) is 10.1 Å². The minimum Gasteiger partial charge on any atom is -0.395 e. The third-order valence-electron chi connectivity index (χ3n) is 4.07. The van der Waals surface area contributed by atoms with Gasteiger partial charge in [0.1, 0.15) is 5.69 Å². The summed E-state index contributed by atoms with van der Waals surface area (Å²) < 4.78 is 35.0. The van der Waals surface area contributed by atoms with E-state index in [2.05, 4.69) is 29.7 Å². The Morgan fingerprint density at radius 3 is 2.63 bits per heavy atom. The highest BCUT2D eigenvalue weighted by atomic mass is 19.3. The molecule has 2 N–H and O–H groups in total. The first-order valence-electron chi connectivity index (χ1n) is 7.94. The molecule has 134 valence electrons. The Balaban J connectivity index is 1.43. The van der Waals surface area contributed by atoms with Crippen LogP contribution in [0.1, 0.15) is 10.5 Å². The van der Waals surface area contributed by atoms with Crippen molar-refractivity contribution in [2.24, 2.45) is 0 Å². The zero-order valence-corrected chi connectivity index (χ0v) is 13.5. The fraction of sp³-hybridized carbons (Fsp3) is 0.0556. The molecule has 7 nitrogen and oxygen atoms in total. The second-order valence-corrected chi connectivity index (χ2v) is 5.91. The van der Waals surface area contributed by atoms with Crippen LogP contribution in [-0.4, -0.2) is 27.2 Å². The van der Waals surface area contributed by atoms with E-state index in [1.54, 1.807) is 12.1 Å². The van der Waals surface area contributed by atoms with Gasteiger partial charge in [-0.1, -0.05) is 24.3 Å². The van der Waals surface area contributed by atoms with Gasteiger partial charge in [-0.05, 0) is 12.1 Å². The molecule has 0 fully saturated rings. The number of amides is 1. The van der Waals surface area contributed by atoms with Crippen molar-refractivity contribution in [1.82, 2.24) is 15.0 Å². The molecule has 1 aliphatic rings. The number of carbonyl (C=O) groups excluding carboxylic acids is 1. The molecule has 9 heteroatoms. The number of aromatic nitrogens is 3. The van der Waals surface area contributed by atoms with Gasteiger partial charge in [-0.15, -0.1) is 8.78 Å². The standard InChI is InChI=1S/C18H10F2N4O3/c19-18(20)26-14-7-12-13(8-15(14)27-18)23-17(22-12)24-16(25)11-6-5-9-3-1-2-4-10(9)21-11/h1-8H,(H2,22,23,24,25). The van der Waals surface area contributed by atoms with Gasteiger partial charge in [0.05, 0.1) is 16.6 Å². The van der Waals surface area contributed by atoms with Gasteiger partial charge in [0, 0.05) is 17.5 Å². The van der Waals surface area contributed by atoms with Crippen LogP contribution in [0.3, 0.4) is 0 Å². The fourth-order valence-electron chi connectivity index (χ4n) is 2.88. The van der Waals surface area contributed by atoms with Gasteiger partial charge in [-0.25, -0.2) is 9.97 Å². The zero-order chi connectivity index (χ0) is 18.6. The lowest BCUT2D eigenvalue weighted by atomic mass is 10.2. The van der Waals surface area contributed by atoms with Gasteiger partial charge >= 0.3 is 6.29 Å². The summed E-state index contributed by atoms with van der Waals surface area (Å²) in [7, 11) is 0. The molecule has 0 bridgehead atoms. The molecule has 0 aliphatic carbocycles. The molecule has 0 unspecified atom stereocenters. The number of nitrogens with zero attached hydrogens (tertiary/aromatic N) is 2. The lowest BCUT2D eigenvalue weighted by Crippen LogP contribution is -2.25. The van der Waals surface area contributed by atoms with E-state index in [1.807, 2.05) is 24.3 Å². The predicted molar refractivity (Wildman–Crippen MR) is 92.0 cm³/mol. The molecule has 2 aromatic carbocycles. The number of fused-ring (bicyclic) bond motifs is 3. The summed E-state index contributed by atoms with van der Waals surface area (Å²) in [6.07, 6.45) is -3.69. The summed E-state index contributed by atoms with van der Waals surface area (Å²) in [5.74, 6) is -0.523. The second-order valence-electron chi connectivity index (χ2n) is 5.91. The topological polar surface area (TPSA) is 89.1 Å². The number of nitrogens with one attached hydrogen (secondary N) is 2. The van der Waals surface area contributed by atoms with Crippen molar-refractivity contribution in [3.8, 4) is 11.5 Å². The largest absolute Gasteiger partial charge is 0.586 e. The number of anilines is 1. The summed E-state index contributed by atoms with van der Waals surface area (Å²) in [5.41, 5.74) is 1.68. The maximum atomic E-state index is 13.1. The van der Waals surface area contributed by atoms with Crippen LogP contribution in [0.5, 0.6) is 11.5 Å². The van der Waals surface area contributed by atoms with E-state index in [1.165, 1.54) is 12.1 Å².